The molecule has 0 aromatic heterocycles. The number of methoxy groups -OCH3 is 1. The van der Waals surface area contributed by atoms with Gasteiger partial charge in [-0.1, -0.05) is 0 Å². The first-order valence-electron chi connectivity index (χ1n) is 6.84. The second kappa shape index (κ2) is 6.26. The van der Waals surface area contributed by atoms with Gasteiger partial charge in [-0.3, -0.25) is 0 Å². The van der Waals surface area contributed by atoms with E-state index in [1.54, 1.807) is 7.11 Å². The first kappa shape index (κ1) is 14.2. The molecule has 0 aliphatic carbocycles. The molecule has 1 fully saturated rings. The Morgan fingerprint density at radius 1 is 1.37 bits per heavy atom. The van der Waals surface area contributed by atoms with Gasteiger partial charge in [-0.15, -0.1) is 0 Å². The number of rotatable bonds is 4. The average Bonchev–Trinajstić information content (AvgIpc) is 2.44. The molecular formula is C15H24N2O2. The van der Waals surface area contributed by atoms with Crippen molar-refractivity contribution in [3.8, 4) is 5.75 Å². The van der Waals surface area contributed by atoms with Crippen molar-refractivity contribution in [1.29, 1.82) is 0 Å². The van der Waals surface area contributed by atoms with Crippen LogP contribution in [-0.2, 0) is 4.74 Å². The van der Waals surface area contributed by atoms with E-state index in [1.807, 2.05) is 0 Å². The van der Waals surface area contributed by atoms with Crippen molar-refractivity contribution >= 4 is 5.69 Å². The lowest BCUT2D eigenvalue weighted by molar-refractivity contribution is 0.0372. The molecule has 1 aromatic carbocycles. The third kappa shape index (κ3) is 3.19. The Labute approximate surface area is 115 Å². The van der Waals surface area contributed by atoms with Gasteiger partial charge in [0, 0.05) is 25.3 Å². The Kier molecular flexibility index (Phi) is 4.66. The van der Waals surface area contributed by atoms with Crippen LogP contribution < -0.4 is 15.4 Å². The molecule has 2 rings (SSSR count). The number of aryl methyl sites for hydroxylation is 1. The molecule has 19 heavy (non-hydrogen) atoms. The highest BCUT2D eigenvalue weighted by Crippen LogP contribution is 2.31. The molecule has 0 radical (unpaired) electrons. The fourth-order valence-electron chi connectivity index (χ4n) is 2.50. The molecule has 0 amide bonds. The van der Waals surface area contributed by atoms with Gasteiger partial charge >= 0.3 is 0 Å². The van der Waals surface area contributed by atoms with Gasteiger partial charge in [0.05, 0.1) is 19.8 Å². The molecule has 1 atom stereocenters. The van der Waals surface area contributed by atoms with E-state index in [4.69, 9.17) is 9.47 Å². The van der Waals surface area contributed by atoms with E-state index < -0.39 is 0 Å². The lowest BCUT2D eigenvalue weighted by Crippen LogP contribution is -2.42. The van der Waals surface area contributed by atoms with Crippen molar-refractivity contribution in [3.63, 3.8) is 0 Å². The minimum absolute atomic E-state index is 0.245. The zero-order chi connectivity index (χ0) is 13.8. The predicted octanol–water partition coefficient (Wildman–Crippen LogP) is 2.02. The summed E-state index contributed by atoms with van der Waals surface area (Å²) >= 11 is 0. The van der Waals surface area contributed by atoms with Crippen molar-refractivity contribution < 1.29 is 9.47 Å². The maximum atomic E-state index is 5.70. The van der Waals surface area contributed by atoms with E-state index in [-0.39, 0.29) is 6.10 Å². The van der Waals surface area contributed by atoms with E-state index in [9.17, 15) is 0 Å². The van der Waals surface area contributed by atoms with Gasteiger partial charge in [0.25, 0.3) is 0 Å². The molecule has 1 heterocycles. The Morgan fingerprint density at radius 3 is 2.79 bits per heavy atom. The minimum Gasteiger partial charge on any atom is -0.496 e. The van der Waals surface area contributed by atoms with E-state index in [0.717, 1.165) is 32.0 Å². The largest absolute Gasteiger partial charge is 0.496 e. The maximum absolute atomic E-state index is 5.70. The molecule has 1 saturated heterocycles. The first-order chi connectivity index (χ1) is 9.13. The maximum Gasteiger partial charge on any atom is 0.122 e. The van der Waals surface area contributed by atoms with Gasteiger partial charge in [0.15, 0.2) is 0 Å². The van der Waals surface area contributed by atoms with Crippen LogP contribution in [0.15, 0.2) is 6.07 Å². The van der Waals surface area contributed by atoms with E-state index in [0.29, 0.717) is 0 Å². The van der Waals surface area contributed by atoms with Gasteiger partial charge in [-0.25, -0.2) is 0 Å². The minimum atomic E-state index is 0.245. The topological polar surface area (TPSA) is 42.5 Å². The van der Waals surface area contributed by atoms with Gasteiger partial charge < -0.3 is 20.1 Å². The molecule has 106 valence electrons. The number of nitrogens with one attached hydrogen (secondary N) is 2. The number of anilines is 1. The summed E-state index contributed by atoms with van der Waals surface area (Å²) in [6, 6.07) is 2.09. The molecular weight excluding hydrogens is 240 g/mol. The number of hydrogen-bond donors (Lipinski definition) is 2. The number of benzene rings is 1. The summed E-state index contributed by atoms with van der Waals surface area (Å²) in [7, 11) is 1.72. The van der Waals surface area contributed by atoms with E-state index in [2.05, 4.69) is 37.5 Å². The zero-order valence-electron chi connectivity index (χ0n) is 12.3. The highest BCUT2D eigenvalue weighted by atomic mass is 16.5. The Balaban J connectivity index is 2.09. The second-order valence-electron chi connectivity index (χ2n) is 5.10. The van der Waals surface area contributed by atoms with Crippen molar-refractivity contribution in [1.82, 2.24) is 5.32 Å². The molecule has 1 aromatic rings. The van der Waals surface area contributed by atoms with Crippen molar-refractivity contribution in [2.24, 2.45) is 0 Å². The molecule has 0 saturated carbocycles. The predicted molar refractivity (Wildman–Crippen MR) is 78.3 cm³/mol. The lowest BCUT2D eigenvalue weighted by Gasteiger charge is -2.25. The zero-order valence-corrected chi connectivity index (χ0v) is 12.3. The van der Waals surface area contributed by atoms with Crippen LogP contribution >= 0.6 is 0 Å². The van der Waals surface area contributed by atoms with E-state index in [1.165, 1.54) is 22.4 Å². The van der Waals surface area contributed by atoms with Crippen LogP contribution in [0.25, 0.3) is 0 Å². The smallest absolute Gasteiger partial charge is 0.122 e. The van der Waals surface area contributed by atoms with Crippen molar-refractivity contribution in [3.05, 3.63) is 22.8 Å². The number of hydrogen-bond acceptors (Lipinski definition) is 4. The Morgan fingerprint density at radius 2 is 2.16 bits per heavy atom. The normalized spacial score (nSPS) is 19.3. The molecule has 1 aliphatic heterocycles. The molecule has 0 spiro atoms. The summed E-state index contributed by atoms with van der Waals surface area (Å²) < 4.78 is 11.1. The highest BCUT2D eigenvalue weighted by molar-refractivity contribution is 5.63. The number of ether oxygens (including phenoxy) is 2. The number of morpholine rings is 1. The monoisotopic (exact) mass is 264 g/mol. The van der Waals surface area contributed by atoms with Crippen molar-refractivity contribution in [2.75, 3.05) is 38.7 Å². The summed E-state index contributed by atoms with van der Waals surface area (Å²) in [5, 5.41) is 6.87. The quantitative estimate of drug-likeness (QED) is 0.873. The van der Waals surface area contributed by atoms with Crippen LogP contribution in [0.5, 0.6) is 5.75 Å². The molecule has 1 unspecified atom stereocenters. The summed E-state index contributed by atoms with van der Waals surface area (Å²) in [6.07, 6.45) is 0.245. The lowest BCUT2D eigenvalue weighted by atomic mass is 10.0. The summed E-state index contributed by atoms with van der Waals surface area (Å²) in [4.78, 5) is 0. The van der Waals surface area contributed by atoms with Crippen LogP contribution in [0, 0.1) is 20.8 Å². The van der Waals surface area contributed by atoms with Crippen LogP contribution in [0.2, 0.25) is 0 Å². The summed E-state index contributed by atoms with van der Waals surface area (Å²) in [6.45, 7) is 9.84. The summed E-state index contributed by atoms with van der Waals surface area (Å²) in [5.41, 5.74) is 4.86. The third-order valence-corrected chi connectivity index (χ3v) is 3.78. The molecule has 4 nitrogen and oxygen atoms in total. The van der Waals surface area contributed by atoms with Gasteiger partial charge in [-0.2, -0.15) is 0 Å². The first-order valence-corrected chi connectivity index (χ1v) is 6.84. The molecule has 1 aliphatic rings. The standard InChI is InChI=1S/C15H24N2O2/c1-10-7-14(18-4)11(2)12(3)15(10)17-9-13-8-16-5-6-19-13/h7,13,16-17H,5-6,8-9H2,1-4H3. The fourth-order valence-corrected chi connectivity index (χ4v) is 2.50. The average molecular weight is 264 g/mol. The van der Waals surface area contributed by atoms with Gasteiger partial charge in [-0.05, 0) is 43.5 Å². The van der Waals surface area contributed by atoms with Crippen molar-refractivity contribution in [2.45, 2.75) is 26.9 Å². The van der Waals surface area contributed by atoms with Crippen LogP contribution in [0.1, 0.15) is 16.7 Å². The fraction of sp³-hybridized carbons (Fsp3) is 0.600. The molecule has 0 bridgehead atoms. The summed E-state index contributed by atoms with van der Waals surface area (Å²) in [5.74, 6) is 0.955. The SMILES string of the molecule is COc1cc(C)c(NCC2CNCCO2)c(C)c1C. The third-order valence-electron chi connectivity index (χ3n) is 3.78. The van der Waals surface area contributed by atoms with Crippen LogP contribution in [-0.4, -0.2) is 39.5 Å². The Hall–Kier alpha value is -1.26. The highest BCUT2D eigenvalue weighted by Gasteiger charge is 2.15. The van der Waals surface area contributed by atoms with E-state index >= 15 is 0 Å². The Bertz CT molecular complexity index is 440. The molecule has 4 heteroatoms. The molecule has 2 N–H and O–H groups in total. The van der Waals surface area contributed by atoms with Crippen LogP contribution in [0.4, 0.5) is 5.69 Å². The van der Waals surface area contributed by atoms with Crippen LogP contribution in [0.3, 0.4) is 0 Å². The van der Waals surface area contributed by atoms with Gasteiger partial charge in [0.1, 0.15) is 5.75 Å². The second-order valence-corrected chi connectivity index (χ2v) is 5.10. The van der Waals surface area contributed by atoms with Gasteiger partial charge in [0.2, 0.25) is 0 Å².